The monoisotopic (exact) mass is 405 g/mol. The summed E-state index contributed by atoms with van der Waals surface area (Å²) in [6, 6.07) is 15.5. The van der Waals surface area contributed by atoms with E-state index in [0.717, 1.165) is 21.3 Å². The standard InChI is InChI=1S/C20H19N7OS/c1-12-6-5-9-14-17(12)24-20(29-14)25-18-16(21)19(23-11-22-18)27-26-15(28)10-13-7-3-2-4-8-13/h2-9,11H,10,21H2,1H3,(H,26,28)(H2,22,23,24,25,27). The van der Waals surface area contributed by atoms with Crippen LogP contribution in [-0.4, -0.2) is 20.9 Å². The van der Waals surface area contributed by atoms with Crippen molar-refractivity contribution in [3.8, 4) is 0 Å². The Morgan fingerprint density at radius 1 is 1.07 bits per heavy atom. The van der Waals surface area contributed by atoms with Gasteiger partial charge in [-0.3, -0.25) is 15.6 Å². The SMILES string of the molecule is Cc1cccc2sc(Nc3ncnc(NNC(=O)Cc4ccccc4)c3N)nc12. The molecule has 2 aromatic carbocycles. The summed E-state index contributed by atoms with van der Waals surface area (Å²) in [6.45, 7) is 2.02. The normalized spacial score (nSPS) is 10.7. The number of amides is 1. The van der Waals surface area contributed by atoms with Gasteiger partial charge in [-0.05, 0) is 24.1 Å². The molecule has 4 aromatic rings. The summed E-state index contributed by atoms with van der Waals surface area (Å²) in [6.07, 6.45) is 1.61. The van der Waals surface area contributed by atoms with Crippen LogP contribution in [0.4, 0.5) is 22.5 Å². The molecule has 5 N–H and O–H groups in total. The number of nitrogens with two attached hydrogens (primary N) is 1. The molecule has 4 rings (SSSR count). The summed E-state index contributed by atoms with van der Waals surface area (Å²) in [5.74, 6) is 0.517. The minimum atomic E-state index is -0.203. The van der Waals surface area contributed by atoms with Gasteiger partial charge in [0.15, 0.2) is 16.8 Å². The number of aromatic nitrogens is 3. The molecule has 1 amide bonds. The van der Waals surface area contributed by atoms with E-state index in [9.17, 15) is 4.79 Å². The van der Waals surface area contributed by atoms with Crippen LogP contribution in [0.15, 0.2) is 54.9 Å². The van der Waals surface area contributed by atoms with Crippen LogP contribution in [-0.2, 0) is 11.2 Å². The van der Waals surface area contributed by atoms with Crippen LogP contribution in [0, 0.1) is 6.92 Å². The molecule has 0 bridgehead atoms. The molecule has 8 nitrogen and oxygen atoms in total. The van der Waals surface area contributed by atoms with Crippen molar-refractivity contribution < 1.29 is 4.79 Å². The first-order valence-corrected chi connectivity index (χ1v) is 9.74. The Labute approximate surface area is 171 Å². The molecule has 0 unspecified atom stereocenters. The van der Waals surface area contributed by atoms with Crippen LogP contribution >= 0.6 is 11.3 Å². The molecule has 0 atom stereocenters. The van der Waals surface area contributed by atoms with Crippen LogP contribution < -0.4 is 21.9 Å². The fourth-order valence-corrected chi connectivity index (χ4v) is 3.73. The van der Waals surface area contributed by atoms with E-state index in [1.165, 1.54) is 17.7 Å². The van der Waals surface area contributed by atoms with E-state index in [1.54, 1.807) is 0 Å². The highest BCUT2D eigenvalue weighted by molar-refractivity contribution is 7.22. The van der Waals surface area contributed by atoms with E-state index in [1.807, 2.05) is 55.5 Å². The molecule has 0 aliphatic rings. The Bertz CT molecular complexity index is 1160. The van der Waals surface area contributed by atoms with Crippen LogP contribution in [0.2, 0.25) is 0 Å². The lowest BCUT2D eigenvalue weighted by molar-refractivity contribution is -0.119. The average molecular weight is 405 g/mol. The van der Waals surface area contributed by atoms with E-state index in [-0.39, 0.29) is 18.0 Å². The molecule has 0 saturated carbocycles. The van der Waals surface area contributed by atoms with Crippen molar-refractivity contribution in [1.29, 1.82) is 0 Å². The van der Waals surface area contributed by atoms with Crippen LogP contribution in [0.25, 0.3) is 10.2 Å². The molecule has 2 heterocycles. The zero-order valence-corrected chi connectivity index (χ0v) is 16.5. The highest BCUT2D eigenvalue weighted by Crippen LogP contribution is 2.32. The van der Waals surface area contributed by atoms with E-state index in [2.05, 4.69) is 31.1 Å². The van der Waals surface area contributed by atoms with Gasteiger partial charge in [-0.1, -0.05) is 53.8 Å². The highest BCUT2D eigenvalue weighted by atomic mass is 32.1. The second kappa shape index (κ2) is 8.11. The van der Waals surface area contributed by atoms with E-state index < -0.39 is 0 Å². The maximum atomic E-state index is 12.1. The zero-order valence-electron chi connectivity index (χ0n) is 15.6. The lowest BCUT2D eigenvalue weighted by Gasteiger charge is -2.12. The van der Waals surface area contributed by atoms with Gasteiger partial charge in [-0.15, -0.1) is 0 Å². The number of nitrogen functional groups attached to an aromatic ring is 1. The Hall–Kier alpha value is -3.72. The van der Waals surface area contributed by atoms with Gasteiger partial charge in [-0.2, -0.15) is 0 Å². The number of hydrazine groups is 1. The fraction of sp³-hybridized carbons (Fsp3) is 0.100. The van der Waals surface area contributed by atoms with Gasteiger partial charge in [0.05, 0.1) is 16.6 Å². The van der Waals surface area contributed by atoms with Gasteiger partial charge < -0.3 is 11.1 Å². The molecule has 146 valence electrons. The molecule has 0 spiro atoms. The number of nitrogens with one attached hydrogen (secondary N) is 3. The number of nitrogens with zero attached hydrogens (tertiary/aromatic N) is 3. The number of benzene rings is 2. The number of hydrogen-bond acceptors (Lipinski definition) is 8. The minimum absolute atomic E-state index is 0.203. The second-order valence-electron chi connectivity index (χ2n) is 6.39. The first kappa shape index (κ1) is 18.6. The topological polar surface area (TPSA) is 118 Å². The number of carbonyl (C=O) groups excluding carboxylic acids is 1. The predicted octanol–water partition coefficient (Wildman–Crippen LogP) is 3.41. The smallest absolute Gasteiger partial charge is 0.242 e. The largest absolute Gasteiger partial charge is 0.393 e. The molecular formula is C20H19N7OS. The Morgan fingerprint density at radius 2 is 1.86 bits per heavy atom. The fourth-order valence-electron chi connectivity index (χ4n) is 2.79. The number of rotatable bonds is 6. The lowest BCUT2D eigenvalue weighted by atomic mass is 10.1. The van der Waals surface area contributed by atoms with Crippen molar-refractivity contribution in [3.63, 3.8) is 0 Å². The van der Waals surface area contributed by atoms with Crippen molar-refractivity contribution in [2.45, 2.75) is 13.3 Å². The number of aryl methyl sites for hydroxylation is 1. The van der Waals surface area contributed by atoms with Crippen molar-refractivity contribution >= 4 is 49.9 Å². The highest BCUT2D eigenvalue weighted by Gasteiger charge is 2.12. The number of thiazole rings is 1. The third kappa shape index (κ3) is 4.25. The molecule has 0 radical (unpaired) electrons. The first-order valence-electron chi connectivity index (χ1n) is 8.92. The van der Waals surface area contributed by atoms with Crippen LogP contribution in [0.3, 0.4) is 0 Å². The van der Waals surface area contributed by atoms with Crippen molar-refractivity contribution in [3.05, 3.63) is 66.0 Å². The molecule has 2 aromatic heterocycles. The van der Waals surface area contributed by atoms with Crippen molar-refractivity contribution in [2.75, 3.05) is 16.5 Å². The van der Waals surface area contributed by atoms with Gasteiger partial charge >= 0.3 is 0 Å². The lowest BCUT2D eigenvalue weighted by Crippen LogP contribution is -2.31. The van der Waals surface area contributed by atoms with E-state index >= 15 is 0 Å². The van der Waals surface area contributed by atoms with Crippen LogP contribution in [0.1, 0.15) is 11.1 Å². The maximum Gasteiger partial charge on any atom is 0.242 e. The number of fused-ring (bicyclic) bond motifs is 1. The minimum Gasteiger partial charge on any atom is -0.393 e. The molecule has 29 heavy (non-hydrogen) atoms. The zero-order chi connectivity index (χ0) is 20.2. The predicted molar refractivity (Wildman–Crippen MR) is 116 cm³/mol. The number of hydrogen-bond donors (Lipinski definition) is 4. The third-order valence-corrected chi connectivity index (χ3v) is 5.19. The third-order valence-electron chi connectivity index (χ3n) is 4.26. The molecule has 0 aliphatic heterocycles. The summed E-state index contributed by atoms with van der Waals surface area (Å²) in [7, 11) is 0. The van der Waals surface area contributed by atoms with Crippen molar-refractivity contribution in [2.24, 2.45) is 0 Å². The van der Waals surface area contributed by atoms with Crippen LogP contribution in [0.5, 0.6) is 0 Å². The van der Waals surface area contributed by atoms with Gasteiger partial charge in [0, 0.05) is 0 Å². The quantitative estimate of drug-likeness (QED) is 0.363. The Kier molecular flexibility index (Phi) is 5.21. The van der Waals surface area contributed by atoms with Crippen molar-refractivity contribution in [1.82, 2.24) is 20.4 Å². The second-order valence-corrected chi connectivity index (χ2v) is 7.42. The number of para-hydroxylation sites is 1. The number of carbonyl (C=O) groups is 1. The van der Waals surface area contributed by atoms with E-state index in [0.29, 0.717) is 16.8 Å². The first-order chi connectivity index (χ1) is 14.1. The molecule has 0 aliphatic carbocycles. The molecule has 9 heteroatoms. The molecule has 0 fully saturated rings. The molecule has 0 saturated heterocycles. The van der Waals surface area contributed by atoms with Gasteiger partial charge in [0.2, 0.25) is 5.91 Å². The number of anilines is 4. The van der Waals surface area contributed by atoms with E-state index in [4.69, 9.17) is 5.73 Å². The molecular weight excluding hydrogens is 386 g/mol. The summed E-state index contributed by atoms with van der Waals surface area (Å²) in [4.78, 5) is 25.0. The van der Waals surface area contributed by atoms with Gasteiger partial charge in [-0.25, -0.2) is 15.0 Å². The maximum absolute atomic E-state index is 12.1. The van der Waals surface area contributed by atoms with Gasteiger partial charge in [0.1, 0.15) is 12.0 Å². The summed E-state index contributed by atoms with van der Waals surface area (Å²) in [5.41, 5.74) is 14.8. The van der Waals surface area contributed by atoms with Gasteiger partial charge in [0.25, 0.3) is 0 Å². The summed E-state index contributed by atoms with van der Waals surface area (Å²) in [5, 5.41) is 3.81. The Morgan fingerprint density at radius 3 is 2.66 bits per heavy atom. The summed E-state index contributed by atoms with van der Waals surface area (Å²) >= 11 is 1.51. The average Bonchev–Trinajstić information content (AvgIpc) is 3.13. The summed E-state index contributed by atoms with van der Waals surface area (Å²) < 4.78 is 1.08. The Balaban J connectivity index is 1.45.